The number of hydrogen-bond donors (Lipinski definition) is 1. The van der Waals surface area contributed by atoms with Crippen LogP contribution in [0.1, 0.15) is 12.2 Å². The Morgan fingerprint density at radius 3 is 2.89 bits per heavy atom. The maximum atomic E-state index is 12.8. The molecule has 0 unspecified atom stereocenters. The normalized spacial score (nSPS) is 14.4. The number of nitrogens with one attached hydrogen (secondary N) is 1. The Morgan fingerprint density at radius 2 is 2.14 bits per heavy atom. The van der Waals surface area contributed by atoms with Crippen LogP contribution in [0.2, 0.25) is 0 Å². The Hall–Kier alpha value is -3.00. The number of hydrogen-bond acceptors (Lipinski definition) is 6. The Kier molecular flexibility index (Phi) is 5.48. The number of furan rings is 1. The van der Waals surface area contributed by atoms with Crippen molar-refractivity contribution in [3.63, 3.8) is 0 Å². The second-order valence-electron chi connectivity index (χ2n) is 6.62. The summed E-state index contributed by atoms with van der Waals surface area (Å²) < 4.78 is 17.6. The van der Waals surface area contributed by atoms with E-state index >= 15 is 0 Å². The third-order valence-electron chi connectivity index (χ3n) is 4.83. The number of carbonyl (C=O) groups is 1. The van der Waals surface area contributed by atoms with E-state index in [2.05, 4.69) is 15.2 Å². The molecule has 1 aliphatic heterocycles. The molecule has 1 N–H and O–H groups in total. The topological polar surface area (TPSA) is 81.8 Å². The van der Waals surface area contributed by atoms with Gasteiger partial charge < -0.3 is 24.1 Å². The zero-order chi connectivity index (χ0) is 19.3. The van der Waals surface area contributed by atoms with E-state index < -0.39 is 0 Å². The molecule has 0 aliphatic carbocycles. The minimum atomic E-state index is -0.252. The van der Waals surface area contributed by atoms with Gasteiger partial charge in [-0.05, 0) is 36.8 Å². The lowest BCUT2D eigenvalue weighted by Gasteiger charge is -2.28. The summed E-state index contributed by atoms with van der Waals surface area (Å²) in [6.45, 7) is 3.60. The van der Waals surface area contributed by atoms with E-state index in [1.807, 2.05) is 30.3 Å². The number of carbonyl (C=O) groups excluding carboxylic acids is 1. The molecular formula is C20H24N4O4. The molecule has 1 aliphatic rings. The number of morpholine rings is 1. The molecule has 3 aromatic rings. The molecule has 1 saturated heterocycles. The highest BCUT2D eigenvalue weighted by molar-refractivity contribution is 5.92. The van der Waals surface area contributed by atoms with Crippen LogP contribution in [-0.4, -0.2) is 55.5 Å². The lowest BCUT2D eigenvalue weighted by Crippen LogP contribution is -2.36. The fourth-order valence-electron chi connectivity index (χ4n) is 3.38. The van der Waals surface area contributed by atoms with E-state index in [1.165, 1.54) is 11.7 Å². The van der Waals surface area contributed by atoms with E-state index in [9.17, 15) is 4.79 Å². The van der Waals surface area contributed by atoms with E-state index in [4.69, 9.17) is 13.9 Å². The molecule has 1 amide bonds. The van der Waals surface area contributed by atoms with Crippen LogP contribution in [0.5, 0.6) is 6.01 Å². The van der Waals surface area contributed by atoms with Crippen LogP contribution in [0.25, 0.3) is 11.0 Å². The predicted molar refractivity (Wildman–Crippen MR) is 105 cm³/mol. The number of anilines is 1. The van der Waals surface area contributed by atoms with Crippen LogP contribution in [0, 0.1) is 0 Å². The molecule has 8 heteroatoms. The molecule has 8 nitrogen and oxygen atoms in total. The highest BCUT2D eigenvalue weighted by Gasteiger charge is 2.19. The van der Waals surface area contributed by atoms with Gasteiger partial charge in [-0.1, -0.05) is 0 Å². The maximum Gasteiger partial charge on any atom is 0.330 e. The number of rotatable bonds is 6. The average molecular weight is 384 g/mol. The van der Waals surface area contributed by atoms with Crippen molar-refractivity contribution < 1.29 is 18.7 Å². The minimum absolute atomic E-state index is 0.252. The molecule has 2 aromatic heterocycles. The number of aryl methyl sites for hydroxylation is 1. The zero-order valence-electron chi connectivity index (χ0n) is 15.9. The van der Waals surface area contributed by atoms with Gasteiger partial charge in [-0.2, -0.15) is 4.98 Å². The Bertz CT molecular complexity index is 929. The van der Waals surface area contributed by atoms with Crippen molar-refractivity contribution in [3.8, 4) is 6.01 Å². The summed E-state index contributed by atoms with van der Waals surface area (Å²) in [7, 11) is 1.52. The van der Waals surface area contributed by atoms with Crippen LogP contribution in [-0.2, 0) is 11.2 Å². The Morgan fingerprint density at radius 1 is 1.29 bits per heavy atom. The van der Waals surface area contributed by atoms with Gasteiger partial charge in [0.15, 0.2) is 0 Å². The number of ether oxygens (including phenoxy) is 2. The minimum Gasteiger partial charge on any atom is -0.469 e. The van der Waals surface area contributed by atoms with Crippen molar-refractivity contribution >= 4 is 22.8 Å². The first kappa shape index (κ1) is 18.4. The number of aromatic nitrogens is 2. The first-order chi connectivity index (χ1) is 13.8. The van der Waals surface area contributed by atoms with Crippen molar-refractivity contribution in [3.05, 3.63) is 42.4 Å². The van der Waals surface area contributed by atoms with Gasteiger partial charge in [0.2, 0.25) is 0 Å². The van der Waals surface area contributed by atoms with E-state index in [-0.39, 0.29) is 12.0 Å². The standard InChI is InChI=1S/C20H24N4O4/c1-26-20-22-17-7-6-15(23-9-12-27-13-10-23)14-18(17)24(20)19(25)21-8-2-4-16-5-3-11-28-16/h3,5-7,11,14H,2,4,8-10,12-13H2,1H3,(H,21,25). The monoisotopic (exact) mass is 384 g/mol. The van der Waals surface area contributed by atoms with Crippen molar-refractivity contribution in [1.82, 2.24) is 14.9 Å². The Balaban J connectivity index is 1.51. The predicted octanol–water partition coefficient (Wildman–Crippen LogP) is 2.67. The van der Waals surface area contributed by atoms with Gasteiger partial charge >= 0.3 is 12.0 Å². The fourth-order valence-corrected chi connectivity index (χ4v) is 3.38. The van der Waals surface area contributed by atoms with Crippen molar-refractivity contribution in [2.24, 2.45) is 0 Å². The van der Waals surface area contributed by atoms with Crippen LogP contribution in [0.3, 0.4) is 0 Å². The molecule has 1 fully saturated rings. The number of fused-ring (bicyclic) bond motifs is 1. The molecule has 3 heterocycles. The third kappa shape index (κ3) is 3.82. The first-order valence-corrected chi connectivity index (χ1v) is 9.46. The van der Waals surface area contributed by atoms with Gasteiger partial charge in [-0.3, -0.25) is 0 Å². The molecule has 0 atom stereocenters. The average Bonchev–Trinajstić information content (AvgIpc) is 3.38. The van der Waals surface area contributed by atoms with Gasteiger partial charge in [-0.15, -0.1) is 0 Å². The van der Waals surface area contributed by atoms with Crippen molar-refractivity contribution in [1.29, 1.82) is 0 Å². The van der Waals surface area contributed by atoms with Crippen molar-refractivity contribution in [2.75, 3.05) is 44.9 Å². The molecule has 28 heavy (non-hydrogen) atoms. The van der Waals surface area contributed by atoms with E-state index in [0.29, 0.717) is 19.8 Å². The molecule has 0 spiro atoms. The summed E-state index contributed by atoms with van der Waals surface area (Å²) in [4.78, 5) is 19.5. The van der Waals surface area contributed by atoms with Crippen molar-refractivity contribution in [2.45, 2.75) is 12.8 Å². The third-order valence-corrected chi connectivity index (χ3v) is 4.83. The van der Waals surface area contributed by atoms with Gasteiger partial charge in [0.1, 0.15) is 5.76 Å². The number of methoxy groups -OCH3 is 1. The molecule has 4 rings (SSSR count). The lowest BCUT2D eigenvalue weighted by molar-refractivity contribution is 0.122. The first-order valence-electron chi connectivity index (χ1n) is 9.46. The highest BCUT2D eigenvalue weighted by Crippen LogP contribution is 2.26. The molecule has 1 aromatic carbocycles. The maximum absolute atomic E-state index is 12.8. The summed E-state index contributed by atoms with van der Waals surface area (Å²) in [5.74, 6) is 0.912. The zero-order valence-corrected chi connectivity index (χ0v) is 15.9. The molecule has 148 valence electrons. The van der Waals surface area contributed by atoms with Crippen LogP contribution in [0.15, 0.2) is 41.0 Å². The second-order valence-corrected chi connectivity index (χ2v) is 6.62. The van der Waals surface area contributed by atoms with Crippen LogP contribution >= 0.6 is 0 Å². The second kappa shape index (κ2) is 8.35. The lowest BCUT2D eigenvalue weighted by atomic mass is 10.2. The number of imidazole rings is 1. The number of amides is 1. The molecule has 0 radical (unpaired) electrons. The van der Waals surface area contributed by atoms with Gasteiger partial charge in [-0.25, -0.2) is 9.36 Å². The number of benzene rings is 1. The molecular weight excluding hydrogens is 360 g/mol. The fraction of sp³-hybridized carbons (Fsp3) is 0.400. The SMILES string of the molecule is COc1nc2ccc(N3CCOCC3)cc2n1C(=O)NCCCc1ccco1. The summed E-state index contributed by atoms with van der Waals surface area (Å²) in [6.07, 6.45) is 3.21. The summed E-state index contributed by atoms with van der Waals surface area (Å²) in [5, 5.41) is 2.94. The van der Waals surface area contributed by atoms with E-state index in [1.54, 1.807) is 6.26 Å². The number of nitrogens with zero attached hydrogens (tertiary/aromatic N) is 3. The van der Waals surface area contributed by atoms with Gasteiger partial charge in [0, 0.05) is 31.7 Å². The van der Waals surface area contributed by atoms with Crippen LogP contribution in [0.4, 0.5) is 10.5 Å². The van der Waals surface area contributed by atoms with E-state index in [0.717, 1.165) is 48.4 Å². The highest BCUT2D eigenvalue weighted by atomic mass is 16.5. The molecule has 0 bridgehead atoms. The Labute approximate surface area is 163 Å². The summed E-state index contributed by atoms with van der Waals surface area (Å²) in [5.41, 5.74) is 2.49. The smallest absolute Gasteiger partial charge is 0.330 e. The van der Waals surface area contributed by atoms with Gasteiger partial charge in [0.25, 0.3) is 0 Å². The van der Waals surface area contributed by atoms with Gasteiger partial charge in [0.05, 0.1) is 37.6 Å². The summed E-state index contributed by atoms with van der Waals surface area (Å²) >= 11 is 0. The largest absolute Gasteiger partial charge is 0.469 e. The quantitative estimate of drug-likeness (QED) is 0.658. The van der Waals surface area contributed by atoms with Crippen LogP contribution < -0.4 is 15.0 Å². The summed E-state index contributed by atoms with van der Waals surface area (Å²) in [6, 6.07) is 9.74. The molecule has 0 saturated carbocycles.